The Labute approximate surface area is 118 Å². The molecule has 108 valence electrons. The highest BCUT2D eigenvalue weighted by Gasteiger charge is 2.29. The SMILES string of the molecule is CC1CN(C(=O)c2ccc3c(c2)OCCO3)C(C)CO1. The van der Waals surface area contributed by atoms with Crippen LogP contribution in [0.4, 0.5) is 0 Å². The van der Waals surface area contributed by atoms with Gasteiger partial charge in [-0.15, -0.1) is 0 Å². The van der Waals surface area contributed by atoms with Gasteiger partial charge in [0.2, 0.25) is 0 Å². The fourth-order valence-corrected chi connectivity index (χ4v) is 2.53. The van der Waals surface area contributed by atoms with Gasteiger partial charge in [0.05, 0.1) is 18.8 Å². The van der Waals surface area contributed by atoms with E-state index in [0.717, 1.165) is 0 Å². The fourth-order valence-electron chi connectivity index (χ4n) is 2.53. The molecular formula is C15H19NO4. The number of rotatable bonds is 1. The largest absolute Gasteiger partial charge is 0.486 e. The van der Waals surface area contributed by atoms with Crippen LogP contribution in [0.15, 0.2) is 18.2 Å². The molecule has 0 aliphatic carbocycles. The molecule has 1 saturated heterocycles. The monoisotopic (exact) mass is 277 g/mol. The summed E-state index contributed by atoms with van der Waals surface area (Å²) >= 11 is 0. The summed E-state index contributed by atoms with van der Waals surface area (Å²) in [6.07, 6.45) is 0.0763. The molecule has 1 aromatic rings. The molecule has 1 aromatic carbocycles. The van der Waals surface area contributed by atoms with Crippen molar-refractivity contribution in [1.82, 2.24) is 4.90 Å². The Balaban J connectivity index is 1.82. The van der Waals surface area contributed by atoms with E-state index in [0.29, 0.717) is 43.4 Å². The smallest absolute Gasteiger partial charge is 0.254 e. The van der Waals surface area contributed by atoms with Gasteiger partial charge in [0.15, 0.2) is 11.5 Å². The van der Waals surface area contributed by atoms with E-state index in [-0.39, 0.29) is 18.1 Å². The Hall–Kier alpha value is -1.75. The van der Waals surface area contributed by atoms with Gasteiger partial charge in [-0.3, -0.25) is 4.79 Å². The van der Waals surface area contributed by atoms with Gasteiger partial charge in [-0.25, -0.2) is 0 Å². The third-order valence-corrected chi connectivity index (χ3v) is 3.66. The second-order valence-electron chi connectivity index (χ2n) is 5.31. The maximum Gasteiger partial charge on any atom is 0.254 e. The highest BCUT2D eigenvalue weighted by Crippen LogP contribution is 2.31. The zero-order chi connectivity index (χ0) is 14.1. The van der Waals surface area contributed by atoms with Gasteiger partial charge < -0.3 is 19.1 Å². The van der Waals surface area contributed by atoms with Crippen molar-refractivity contribution in [1.29, 1.82) is 0 Å². The average molecular weight is 277 g/mol. The molecule has 5 heteroatoms. The standard InChI is InChI=1S/C15H19NO4/c1-10-9-20-11(2)8-16(10)15(17)12-3-4-13-14(7-12)19-6-5-18-13/h3-4,7,10-11H,5-6,8-9H2,1-2H3. The van der Waals surface area contributed by atoms with E-state index in [9.17, 15) is 4.79 Å². The second kappa shape index (κ2) is 5.32. The number of ether oxygens (including phenoxy) is 3. The number of carbonyl (C=O) groups excluding carboxylic acids is 1. The Kier molecular flexibility index (Phi) is 3.53. The van der Waals surface area contributed by atoms with Gasteiger partial charge >= 0.3 is 0 Å². The van der Waals surface area contributed by atoms with Crippen LogP contribution in [0.2, 0.25) is 0 Å². The van der Waals surface area contributed by atoms with E-state index in [1.54, 1.807) is 18.2 Å². The number of fused-ring (bicyclic) bond motifs is 1. The number of nitrogens with zero attached hydrogens (tertiary/aromatic N) is 1. The predicted molar refractivity (Wildman–Crippen MR) is 73.3 cm³/mol. The minimum Gasteiger partial charge on any atom is -0.486 e. The van der Waals surface area contributed by atoms with Crippen molar-refractivity contribution in [2.75, 3.05) is 26.4 Å². The van der Waals surface area contributed by atoms with Gasteiger partial charge in [0.25, 0.3) is 5.91 Å². The highest BCUT2D eigenvalue weighted by atomic mass is 16.6. The Morgan fingerprint density at radius 1 is 1.20 bits per heavy atom. The summed E-state index contributed by atoms with van der Waals surface area (Å²) in [7, 11) is 0. The Bertz CT molecular complexity index is 517. The average Bonchev–Trinajstić information content (AvgIpc) is 2.48. The minimum atomic E-state index is 0.0182. The van der Waals surface area contributed by atoms with E-state index < -0.39 is 0 Å². The van der Waals surface area contributed by atoms with Gasteiger partial charge in [-0.2, -0.15) is 0 Å². The Morgan fingerprint density at radius 3 is 2.75 bits per heavy atom. The molecule has 3 rings (SSSR count). The molecule has 1 fully saturated rings. The van der Waals surface area contributed by atoms with Gasteiger partial charge in [0.1, 0.15) is 13.2 Å². The van der Waals surface area contributed by atoms with E-state index >= 15 is 0 Å². The molecular weight excluding hydrogens is 258 g/mol. The summed E-state index contributed by atoms with van der Waals surface area (Å²) in [4.78, 5) is 14.5. The summed E-state index contributed by atoms with van der Waals surface area (Å²) < 4.78 is 16.6. The molecule has 0 bridgehead atoms. The number of carbonyl (C=O) groups is 1. The normalized spacial score (nSPS) is 25.4. The van der Waals surface area contributed by atoms with E-state index in [1.807, 2.05) is 18.7 Å². The maximum absolute atomic E-state index is 12.6. The van der Waals surface area contributed by atoms with E-state index in [1.165, 1.54) is 0 Å². The van der Waals surface area contributed by atoms with Crippen LogP contribution >= 0.6 is 0 Å². The molecule has 20 heavy (non-hydrogen) atoms. The highest BCUT2D eigenvalue weighted by molar-refractivity contribution is 5.95. The summed E-state index contributed by atoms with van der Waals surface area (Å²) in [5.41, 5.74) is 0.634. The summed E-state index contributed by atoms with van der Waals surface area (Å²) in [5.74, 6) is 1.37. The molecule has 0 spiro atoms. The van der Waals surface area contributed by atoms with E-state index in [2.05, 4.69) is 0 Å². The lowest BCUT2D eigenvalue weighted by Crippen LogP contribution is -2.50. The molecule has 0 saturated carbocycles. The third kappa shape index (κ3) is 2.45. The molecule has 5 nitrogen and oxygen atoms in total. The van der Waals surface area contributed by atoms with Crippen LogP contribution in [-0.2, 0) is 4.74 Å². The maximum atomic E-state index is 12.6. The summed E-state index contributed by atoms with van der Waals surface area (Å²) in [6, 6.07) is 5.45. The lowest BCUT2D eigenvalue weighted by atomic mass is 10.1. The lowest BCUT2D eigenvalue weighted by Gasteiger charge is -2.37. The summed E-state index contributed by atoms with van der Waals surface area (Å²) in [6.45, 7) is 6.26. The molecule has 2 heterocycles. The molecule has 1 amide bonds. The first-order valence-corrected chi connectivity index (χ1v) is 6.97. The van der Waals surface area contributed by atoms with Crippen molar-refractivity contribution in [3.8, 4) is 11.5 Å². The molecule has 0 N–H and O–H groups in total. The summed E-state index contributed by atoms with van der Waals surface area (Å²) in [5, 5.41) is 0. The third-order valence-electron chi connectivity index (χ3n) is 3.66. The van der Waals surface area contributed by atoms with Crippen LogP contribution in [-0.4, -0.2) is 49.3 Å². The number of hydrogen-bond acceptors (Lipinski definition) is 4. The van der Waals surface area contributed by atoms with Crippen molar-refractivity contribution in [3.05, 3.63) is 23.8 Å². The molecule has 0 radical (unpaired) electrons. The van der Waals surface area contributed by atoms with Crippen molar-refractivity contribution in [2.45, 2.75) is 26.0 Å². The Morgan fingerprint density at radius 2 is 1.95 bits per heavy atom. The molecule has 2 unspecified atom stereocenters. The van der Waals surface area contributed by atoms with Gasteiger partial charge in [-0.05, 0) is 32.0 Å². The van der Waals surface area contributed by atoms with Crippen LogP contribution < -0.4 is 9.47 Å². The second-order valence-corrected chi connectivity index (χ2v) is 5.31. The molecule has 2 aliphatic heterocycles. The first-order chi connectivity index (χ1) is 9.65. The van der Waals surface area contributed by atoms with Crippen LogP contribution in [0, 0.1) is 0 Å². The first kappa shape index (κ1) is 13.2. The minimum absolute atomic E-state index is 0.0182. The van der Waals surface area contributed by atoms with Crippen LogP contribution in [0.1, 0.15) is 24.2 Å². The van der Waals surface area contributed by atoms with Crippen molar-refractivity contribution in [3.63, 3.8) is 0 Å². The first-order valence-electron chi connectivity index (χ1n) is 6.97. The topological polar surface area (TPSA) is 48.0 Å². The number of hydrogen-bond donors (Lipinski definition) is 0. The quantitative estimate of drug-likeness (QED) is 0.784. The van der Waals surface area contributed by atoms with Crippen molar-refractivity contribution < 1.29 is 19.0 Å². The van der Waals surface area contributed by atoms with E-state index in [4.69, 9.17) is 14.2 Å². The fraction of sp³-hybridized carbons (Fsp3) is 0.533. The van der Waals surface area contributed by atoms with Crippen LogP contribution in [0.5, 0.6) is 11.5 Å². The van der Waals surface area contributed by atoms with Crippen LogP contribution in [0.3, 0.4) is 0 Å². The van der Waals surface area contributed by atoms with Crippen molar-refractivity contribution in [2.24, 2.45) is 0 Å². The predicted octanol–water partition coefficient (Wildman–Crippen LogP) is 1.71. The zero-order valence-corrected chi connectivity index (χ0v) is 11.8. The van der Waals surface area contributed by atoms with Gasteiger partial charge in [0, 0.05) is 12.1 Å². The molecule has 2 atom stereocenters. The number of benzene rings is 1. The molecule has 2 aliphatic rings. The van der Waals surface area contributed by atoms with Crippen LogP contribution in [0.25, 0.3) is 0 Å². The molecule has 0 aromatic heterocycles. The number of amides is 1. The van der Waals surface area contributed by atoms with Crippen molar-refractivity contribution >= 4 is 5.91 Å². The lowest BCUT2D eigenvalue weighted by molar-refractivity contribution is -0.0387. The number of morpholine rings is 1. The zero-order valence-electron chi connectivity index (χ0n) is 11.8. The van der Waals surface area contributed by atoms with Gasteiger partial charge in [-0.1, -0.05) is 0 Å².